The molecule has 3 rings (SSSR count). The van der Waals surface area contributed by atoms with E-state index in [-0.39, 0.29) is 17.7 Å². The Bertz CT molecular complexity index is 601. The van der Waals surface area contributed by atoms with Gasteiger partial charge in [0.2, 0.25) is 5.91 Å². The minimum Gasteiger partial charge on any atom is -0.319 e. The number of amides is 2. The van der Waals surface area contributed by atoms with Crippen LogP contribution in [0, 0.1) is 5.92 Å². The molecule has 2 aliphatic heterocycles. The first-order valence-corrected chi connectivity index (χ1v) is 6.77. The van der Waals surface area contributed by atoms with Gasteiger partial charge in [-0.2, -0.15) is 0 Å². The van der Waals surface area contributed by atoms with Crippen molar-refractivity contribution in [3.8, 4) is 0 Å². The van der Waals surface area contributed by atoms with Crippen molar-refractivity contribution in [2.45, 2.75) is 31.3 Å². The van der Waals surface area contributed by atoms with E-state index in [9.17, 15) is 9.59 Å². The molecule has 1 aromatic carbocycles. The fourth-order valence-corrected chi connectivity index (χ4v) is 3.53. The molecule has 2 atom stereocenters. The van der Waals surface area contributed by atoms with Crippen LogP contribution in [0.25, 0.3) is 0 Å². The Labute approximate surface area is 117 Å². The Hall–Kier alpha value is -1.49. The highest BCUT2D eigenvalue weighted by Gasteiger charge is 2.64. The number of hydrogen-bond donors (Lipinski definition) is 2. The Balaban J connectivity index is 2.25. The van der Waals surface area contributed by atoms with E-state index in [4.69, 9.17) is 0 Å². The molecule has 2 amide bonds. The second kappa shape index (κ2) is 3.54. The molecule has 4 nitrogen and oxygen atoms in total. The van der Waals surface area contributed by atoms with Crippen molar-refractivity contribution in [2.75, 3.05) is 0 Å². The van der Waals surface area contributed by atoms with Crippen LogP contribution in [0.15, 0.2) is 24.3 Å². The van der Waals surface area contributed by atoms with Crippen LogP contribution >= 0.6 is 12.6 Å². The summed E-state index contributed by atoms with van der Waals surface area (Å²) < 4.78 is 0. The third-order valence-corrected chi connectivity index (χ3v) is 4.95. The molecule has 1 N–H and O–H groups in total. The van der Waals surface area contributed by atoms with Crippen molar-refractivity contribution in [1.82, 2.24) is 10.2 Å². The van der Waals surface area contributed by atoms with Crippen LogP contribution in [0.4, 0.5) is 0 Å². The fraction of sp³-hybridized carbons (Fsp3) is 0.429. The normalized spacial score (nSPS) is 32.6. The van der Waals surface area contributed by atoms with E-state index in [0.717, 1.165) is 5.56 Å². The Morgan fingerprint density at radius 3 is 2.53 bits per heavy atom. The number of rotatable bonds is 1. The smallest absolute Gasteiger partial charge is 0.258 e. The summed E-state index contributed by atoms with van der Waals surface area (Å²) in [7, 11) is 0. The van der Waals surface area contributed by atoms with Gasteiger partial charge >= 0.3 is 0 Å². The lowest BCUT2D eigenvalue weighted by Crippen LogP contribution is -2.53. The molecular formula is C14H16N2O2S. The Morgan fingerprint density at radius 1 is 1.26 bits per heavy atom. The van der Waals surface area contributed by atoms with Crippen molar-refractivity contribution in [3.05, 3.63) is 35.4 Å². The van der Waals surface area contributed by atoms with Crippen molar-refractivity contribution < 1.29 is 9.59 Å². The number of fused-ring (bicyclic) bond motifs is 3. The van der Waals surface area contributed by atoms with Crippen molar-refractivity contribution in [2.24, 2.45) is 5.92 Å². The summed E-state index contributed by atoms with van der Waals surface area (Å²) >= 11 is 4.62. The average molecular weight is 276 g/mol. The molecule has 0 bridgehead atoms. The van der Waals surface area contributed by atoms with Gasteiger partial charge in [0.15, 0.2) is 4.99 Å². The highest BCUT2D eigenvalue weighted by Crippen LogP contribution is 2.50. The molecule has 1 aromatic rings. The van der Waals surface area contributed by atoms with Crippen LogP contribution in [-0.4, -0.2) is 22.3 Å². The highest BCUT2D eigenvalue weighted by molar-refractivity contribution is 7.81. The number of carbonyl (C=O) groups excluding carboxylic acids is 2. The van der Waals surface area contributed by atoms with E-state index >= 15 is 0 Å². The fourth-order valence-electron chi connectivity index (χ4n) is 2.94. The lowest BCUT2D eigenvalue weighted by atomic mass is 9.87. The monoisotopic (exact) mass is 276 g/mol. The molecule has 0 aromatic heterocycles. The number of nitrogens with one attached hydrogen (secondary N) is 1. The van der Waals surface area contributed by atoms with E-state index in [0.29, 0.717) is 5.56 Å². The number of hydrogen-bond acceptors (Lipinski definition) is 3. The second-order valence-corrected chi connectivity index (χ2v) is 6.26. The first kappa shape index (κ1) is 12.5. The topological polar surface area (TPSA) is 49.4 Å². The van der Waals surface area contributed by atoms with Gasteiger partial charge in [-0.15, -0.1) is 12.6 Å². The van der Waals surface area contributed by atoms with Crippen molar-refractivity contribution >= 4 is 24.4 Å². The summed E-state index contributed by atoms with van der Waals surface area (Å²) in [5, 5.41) is 2.88. The van der Waals surface area contributed by atoms with Gasteiger partial charge < -0.3 is 5.32 Å². The minimum absolute atomic E-state index is 0.000197. The van der Waals surface area contributed by atoms with Gasteiger partial charge in [-0.25, -0.2) is 0 Å². The SMILES string of the molecule is CC(C)C1(C)C(=O)NC2(S)c3ccccc3C(=O)N21. The van der Waals surface area contributed by atoms with Gasteiger partial charge in [-0.1, -0.05) is 32.0 Å². The molecule has 1 saturated heterocycles. The molecule has 2 aliphatic rings. The third kappa shape index (κ3) is 1.26. The van der Waals surface area contributed by atoms with Crippen molar-refractivity contribution in [3.63, 3.8) is 0 Å². The second-order valence-electron chi connectivity index (χ2n) is 5.61. The molecule has 2 heterocycles. The summed E-state index contributed by atoms with van der Waals surface area (Å²) in [6, 6.07) is 7.29. The lowest BCUT2D eigenvalue weighted by molar-refractivity contribution is -0.127. The highest BCUT2D eigenvalue weighted by atomic mass is 32.1. The molecule has 19 heavy (non-hydrogen) atoms. The summed E-state index contributed by atoms with van der Waals surface area (Å²) in [5.74, 6) is -0.291. The number of benzene rings is 1. The number of carbonyl (C=O) groups is 2. The zero-order chi connectivity index (χ0) is 14.0. The maximum Gasteiger partial charge on any atom is 0.258 e. The van der Waals surface area contributed by atoms with Crippen LogP contribution in [0.2, 0.25) is 0 Å². The van der Waals surface area contributed by atoms with E-state index in [1.54, 1.807) is 17.9 Å². The zero-order valence-electron chi connectivity index (χ0n) is 11.1. The molecule has 0 radical (unpaired) electrons. The van der Waals surface area contributed by atoms with Gasteiger partial charge in [0.1, 0.15) is 5.54 Å². The van der Waals surface area contributed by atoms with Crippen LogP contribution in [0.3, 0.4) is 0 Å². The largest absolute Gasteiger partial charge is 0.319 e. The summed E-state index contributed by atoms with van der Waals surface area (Å²) in [5.41, 5.74) is 0.489. The molecule has 100 valence electrons. The van der Waals surface area contributed by atoms with Gasteiger partial charge in [0.25, 0.3) is 5.91 Å². The molecular weight excluding hydrogens is 260 g/mol. The van der Waals surface area contributed by atoms with Crippen molar-refractivity contribution in [1.29, 1.82) is 0 Å². The molecule has 1 fully saturated rings. The predicted molar refractivity (Wildman–Crippen MR) is 74.7 cm³/mol. The summed E-state index contributed by atoms with van der Waals surface area (Å²) in [6.07, 6.45) is 0. The van der Waals surface area contributed by atoms with Crippen LogP contribution in [0.1, 0.15) is 36.7 Å². The average Bonchev–Trinajstić information content (AvgIpc) is 2.71. The van der Waals surface area contributed by atoms with Crippen LogP contribution < -0.4 is 5.32 Å². The third-order valence-electron chi connectivity index (χ3n) is 4.40. The first-order valence-electron chi connectivity index (χ1n) is 6.32. The standard InChI is InChI=1S/C14H16N2O2S/c1-8(2)13(3)12(18)15-14(19)10-7-5-4-6-9(10)11(17)16(13)14/h4-8,19H,1-3H3,(H,15,18). The van der Waals surface area contributed by atoms with Gasteiger partial charge in [0, 0.05) is 11.1 Å². The molecule has 2 unspecified atom stereocenters. The van der Waals surface area contributed by atoms with Gasteiger partial charge in [-0.05, 0) is 18.9 Å². The van der Waals surface area contributed by atoms with Crippen LogP contribution in [0.5, 0.6) is 0 Å². The molecule has 0 saturated carbocycles. The van der Waals surface area contributed by atoms with E-state index in [2.05, 4.69) is 17.9 Å². The zero-order valence-corrected chi connectivity index (χ0v) is 12.0. The van der Waals surface area contributed by atoms with E-state index in [1.807, 2.05) is 32.0 Å². The maximum atomic E-state index is 12.6. The van der Waals surface area contributed by atoms with Gasteiger partial charge in [-0.3, -0.25) is 14.5 Å². The minimum atomic E-state index is -1.02. The van der Waals surface area contributed by atoms with E-state index in [1.165, 1.54) is 0 Å². The molecule has 0 spiro atoms. The summed E-state index contributed by atoms with van der Waals surface area (Å²) in [6.45, 7) is 5.68. The first-order chi connectivity index (χ1) is 8.83. The van der Waals surface area contributed by atoms with Crippen LogP contribution in [-0.2, 0) is 9.79 Å². The quantitative estimate of drug-likeness (QED) is 0.767. The Morgan fingerprint density at radius 2 is 1.89 bits per heavy atom. The van der Waals surface area contributed by atoms with E-state index < -0.39 is 10.5 Å². The molecule has 0 aliphatic carbocycles. The molecule has 5 heteroatoms. The summed E-state index contributed by atoms with van der Waals surface area (Å²) in [4.78, 5) is 25.6. The van der Waals surface area contributed by atoms with Gasteiger partial charge in [0.05, 0.1) is 0 Å². The number of thiol groups is 1. The maximum absolute atomic E-state index is 12.6. The predicted octanol–water partition coefficient (Wildman–Crippen LogP) is 1.73. The lowest BCUT2D eigenvalue weighted by Gasteiger charge is -2.38. The Kier molecular flexibility index (Phi) is 2.33. The number of nitrogens with zero attached hydrogens (tertiary/aromatic N) is 1.